The van der Waals surface area contributed by atoms with Crippen molar-refractivity contribution in [2.75, 3.05) is 32.1 Å². The number of piperidine rings is 1. The molecule has 1 atom stereocenters. The molecule has 0 aliphatic carbocycles. The summed E-state index contributed by atoms with van der Waals surface area (Å²) in [7, 11) is 2.13. The molecule has 2 aromatic carbocycles. The highest BCUT2D eigenvalue weighted by atomic mass is 16.6. The molecular weight excluding hydrogens is 344 g/mol. The van der Waals surface area contributed by atoms with Gasteiger partial charge in [0.15, 0.2) is 11.5 Å². The molecule has 6 heteroatoms. The third kappa shape index (κ3) is 4.34. The van der Waals surface area contributed by atoms with Crippen molar-refractivity contribution in [1.82, 2.24) is 4.90 Å². The number of benzene rings is 2. The molecule has 1 saturated heterocycles. The smallest absolute Gasteiger partial charge is 0.269 e. The Morgan fingerprint density at radius 2 is 1.78 bits per heavy atom. The molecule has 2 aliphatic heterocycles. The SMILES string of the molecule is CN1CCC(Oc2ccc(NC(=O)C3COc4ccccc4O3)cc2)CC1. The van der Waals surface area contributed by atoms with E-state index in [-0.39, 0.29) is 18.6 Å². The van der Waals surface area contributed by atoms with E-state index in [1.165, 1.54) is 0 Å². The maximum Gasteiger partial charge on any atom is 0.269 e. The minimum absolute atomic E-state index is 0.195. The zero-order chi connectivity index (χ0) is 18.6. The summed E-state index contributed by atoms with van der Waals surface area (Å²) in [5.74, 6) is 1.85. The number of para-hydroxylation sites is 2. The van der Waals surface area contributed by atoms with Crippen LogP contribution in [0.25, 0.3) is 0 Å². The Kier molecular flexibility index (Phi) is 5.16. The first-order chi connectivity index (χ1) is 13.2. The highest BCUT2D eigenvalue weighted by Crippen LogP contribution is 2.31. The minimum atomic E-state index is -0.671. The van der Waals surface area contributed by atoms with Gasteiger partial charge < -0.3 is 24.4 Å². The summed E-state index contributed by atoms with van der Waals surface area (Å²) < 4.78 is 17.4. The molecule has 0 saturated carbocycles. The summed E-state index contributed by atoms with van der Waals surface area (Å²) in [4.78, 5) is 14.8. The summed E-state index contributed by atoms with van der Waals surface area (Å²) in [5.41, 5.74) is 0.707. The van der Waals surface area contributed by atoms with Crippen molar-refractivity contribution in [2.24, 2.45) is 0 Å². The lowest BCUT2D eigenvalue weighted by Gasteiger charge is -2.29. The Labute approximate surface area is 159 Å². The van der Waals surface area contributed by atoms with Crippen molar-refractivity contribution in [1.29, 1.82) is 0 Å². The van der Waals surface area contributed by atoms with Crippen LogP contribution in [-0.4, -0.2) is 49.8 Å². The second kappa shape index (κ2) is 7.88. The van der Waals surface area contributed by atoms with Crippen molar-refractivity contribution in [3.8, 4) is 17.2 Å². The van der Waals surface area contributed by atoms with E-state index in [0.717, 1.165) is 31.7 Å². The molecule has 0 radical (unpaired) electrons. The van der Waals surface area contributed by atoms with E-state index in [4.69, 9.17) is 14.2 Å². The van der Waals surface area contributed by atoms with E-state index >= 15 is 0 Å². The minimum Gasteiger partial charge on any atom is -0.490 e. The monoisotopic (exact) mass is 368 g/mol. The molecule has 1 fully saturated rings. The number of rotatable bonds is 4. The Hall–Kier alpha value is -2.73. The summed E-state index contributed by atoms with van der Waals surface area (Å²) in [5, 5.41) is 2.87. The van der Waals surface area contributed by atoms with Crippen LogP contribution in [0.1, 0.15) is 12.8 Å². The first kappa shape index (κ1) is 17.7. The van der Waals surface area contributed by atoms with E-state index in [1.54, 1.807) is 6.07 Å². The number of fused-ring (bicyclic) bond motifs is 1. The molecule has 0 spiro atoms. The van der Waals surface area contributed by atoms with Crippen molar-refractivity contribution in [3.05, 3.63) is 48.5 Å². The molecule has 2 heterocycles. The van der Waals surface area contributed by atoms with E-state index < -0.39 is 6.10 Å². The van der Waals surface area contributed by atoms with Gasteiger partial charge in [-0.05, 0) is 56.3 Å². The Bertz CT molecular complexity index is 785. The number of nitrogens with one attached hydrogen (secondary N) is 1. The number of anilines is 1. The summed E-state index contributed by atoms with van der Waals surface area (Å²) >= 11 is 0. The van der Waals surface area contributed by atoms with Gasteiger partial charge in [0, 0.05) is 18.8 Å². The van der Waals surface area contributed by atoms with Crippen molar-refractivity contribution in [3.63, 3.8) is 0 Å². The second-order valence-electron chi connectivity index (χ2n) is 7.00. The Balaban J connectivity index is 1.31. The number of hydrogen-bond acceptors (Lipinski definition) is 5. The summed E-state index contributed by atoms with van der Waals surface area (Å²) in [6.07, 6.45) is 1.66. The number of carbonyl (C=O) groups excluding carboxylic acids is 1. The van der Waals surface area contributed by atoms with Gasteiger partial charge in [0.25, 0.3) is 5.91 Å². The van der Waals surface area contributed by atoms with Crippen LogP contribution < -0.4 is 19.5 Å². The molecule has 0 bridgehead atoms. The lowest BCUT2D eigenvalue weighted by atomic mass is 10.1. The van der Waals surface area contributed by atoms with Crippen LogP contribution in [0.3, 0.4) is 0 Å². The largest absolute Gasteiger partial charge is 0.490 e. The highest BCUT2D eigenvalue weighted by Gasteiger charge is 2.27. The molecule has 6 nitrogen and oxygen atoms in total. The van der Waals surface area contributed by atoms with E-state index in [9.17, 15) is 4.79 Å². The van der Waals surface area contributed by atoms with Gasteiger partial charge in [0.2, 0.25) is 6.10 Å². The fraction of sp³-hybridized carbons (Fsp3) is 0.381. The van der Waals surface area contributed by atoms with Crippen LogP contribution >= 0.6 is 0 Å². The first-order valence-electron chi connectivity index (χ1n) is 9.32. The number of ether oxygens (including phenoxy) is 3. The van der Waals surface area contributed by atoms with Crippen molar-refractivity contribution < 1.29 is 19.0 Å². The van der Waals surface area contributed by atoms with Crippen LogP contribution in [0.2, 0.25) is 0 Å². The molecule has 2 aromatic rings. The molecule has 142 valence electrons. The van der Waals surface area contributed by atoms with Gasteiger partial charge in [-0.2, -0.15) is 0 Å². The third-order valence-electron chi connectivity index (χ3n) is 4.89. The second-order valence-corrected chi connectivity index (χ2v) is 7.00. The lowest BCUT2D eigenvalue weighted by Crippen LogP contribution is -2.40. The molecule has 0 aromatic heterocycles. The molecule has 2 aliphatic rings. The lowest BCUT2D eigenvalue weighted by molar-refractivity contribution is -0.125. The molecule has 27 heavy (non-hydrogen) atoms. The topological polar surface area (TPSA) is 60.0 Å². The van der Waals surface area contributed by atoms with Crippen LogP contribution in [0.15, 0.2) is 48.5 Å². The quantitative estimate of drug-likeness (QED) is 0.899. The highest BCUT2D eigenvalue weighted by molar-refractivity contribution is 5.94. The fourth-order valence-electron chi connectivity index (χ4n) is 3.28. The average Bonchev–Trinajstić information content (AvgIpc) is 2.71. The predicted octanol–water partition coefficient (Wildman–Crippen LogP) is 2.94. The molecule has 1 unspecified atom stereocenters. The van der Waals surface area contributed by atoms with E-state index in [1.807, 2.05) is 42.5 Å². The third-order valence-corrected chi connectivity index (χ3v) is 4.89. The van der Waals surface area contributed by atoms with Gasteiger partial charge >= 0.3 is 0 Å². The summed E-state index contributed by atoms with van der Waals surface area (Å²) in [6, 6.07) is 14.8. The molecular formula is C21H24N2O4. The maximum atomic E-state index is 12.5. The molecule has 1 N–H and O–H groups in total. The number of hydrogen-bond donors (Lipinski definition) is 1. The van der Waals surface area contributed by atoms with Gasteiger partial charge in [0.05, 0.1) is 0 Å². The van der Waals surface area contributed by atoms with Crippen molar-refractivity contribution >= 4 is 11.6 Å². The number of amides is 1. The van der Waals surface area contributed by atoms with Gasteiger partial charge in [-0.1, -0.05) is 12.1 Å². The zero-order valence-electron chi connectivity index (χ0n) is 15.4. The molecule has 4 rings (SSSR count). The van der Waals surface area contributed by atoms with Crippen LogP contribution in [-0.2, 0) is 4.79 Å². The fourth-order valence-corrected chi connectivity index (χ4v) is 3.28. The van der Waals surface area contributed by atoms with Crippen LogP contribution in [0.5, 0.6) is 17.2 Å². The van der Waals surface area contributed by atoms with E-state index in [2.05, 4.69) is 17.3 Å². The Morgan fingerprint density at radius 1 is 1.07 bits per heavy atom. The van der Waals surface area contributed by atoms with Gasteiger partial charge in [-0.3, -0.25) is 4.79 Å². The van der Waals surface area contributed by atoms with E-state index in [0.29, 0.717) is 17.2 Å². The predicted molar refractivity (Wildman–Crippen MR) is 103 cm³/mol. The number of carbonyl (C=O) groups is 1. The summed E-state index contributed by atoms with van der Waals surface area (Å²) in [6.45, 7) is 2.32. The van der Waals surface area contributed by atoms with Crippen LogP contribution in [0.4, 0.5) is 5.69 Å². The molecule has 1 amide bonds. The zero-order valence-corrected chi connectivity index (χ0v) is 15.4. The van der Waals surface area contributed by atoms with Gasteiger partial charge in [-0.25, -0.2) is 0 Å². The van der Waals surface area contributed by atoms with Gasteiger partial charge in [0.1, 0.15) is 18.5 Å². The number of likely N-dealkylation sites (tertiary alicyclic amines) is 1. The van der Waals surface area contributed by atoms with Crippen molar-refractivity contribution in [2.45, 2.75) is 25.0 Å². The number of nitrogens with zero attached hydrogens (tertiary/aromatic N) is 1. The first-order valence-corrected chi connectivity index (χ1v) is 9.32. The van der Waals surface area contributed by atoms with Crippen LogP contribution in [0, 0.1) is 0 Å². The maximum absolute atomic E-state index is 12.5. The standard InChI is InChI=1S/C21H24N2O4/c1-23-12-10-17(11-13-23)26-16-8-6-15(7-9-16)22-21(24)20-14-25-18-4-2-3-5-19(18)27-20/h2-9,17,20H,10-14H2,1H3,(H,22,24). The normalized spacial score (nSPS) is 20.1. The van der Waals surface area contributed by atoms with Gasteiger partial charge in [-0.15, -0.1) is 0 Å². The Morgan fingerprint density at radius 3 is 2.52 bits per heavy atom. The average molecular weight is 368 g/mol.